The number of aromatic nitrogens is 1. The fourth-order valence-electron chi connectivity index (χ4n) is 3.62. The zero-order valence-electron chi connectivity index (χ0n) is 13.9. The van der Waals surface area contributed by atoms with Gasteiger partial charge in [0.2, 0.25) is 0 Å². The van der Waals surface area contributed by atoms with E-state index in [9.17, 15) is 4.79 Å². The van der Waals surface area contributed by atoms with Crippen LogP contribution in [0.5, 0.6) is 0 Å². The maximum atomic E-state index is 12.8. The van der Waals surface area contributed by atoms with Crippen molar-refractivity contribution in [2.45, 2.75) is 32.7 Å². The van der Waals surface area contributed by atoms with Gasteiger partial charge in [-0.3, -0.25) is 4.79 Å². The van der Waals surface area contributed by atoms with Crippen LogP contribution in [-0.4, -0.2) is 16.5 Å². The number of nitrogens with zero attached hydrogens (tertiary/aromatic N) is 1. The van der Waals surface area contributed by atoms with Crippen molar-refractivity contribution < 1.29 is 4.79 Å². The van der Waals surface area contributed by atoms with Crippen LogP contribution < -0.4 is 5.32 Å². The molecule has 2 aromatic heterocycles. The molecule has 0 bridgehead atoms. The third kappa shape index (κ3) is 2.57. The summed E-state index contributed by atoms with van der Waals surface area (Å²) >= 11 is 1.79. The number of carbonyl (C=O) groups is 1. The molecule has 1 atom stereocenters. The highest BCUT2D eigenvalue weighted by Gasteiger charge is 2.25. The SMILES string of the molecule is Cc1cc(C(=O)NC2Cc3ccsc3C2)c(C)n1-c1ccccc1. The number of carbonyl (C=O) groups excluding carboxylic acids is 1. The van der Waals surface area contributed by atoms with Crippen LogP contribution >= 0.6 is 11.3 Å². The Bertz CT molecular complexity index is 871. The van der Waals surface area contributed by atoms with Gasteiger partial charge in [-0.1, -0.05) is 18.2 Å². The number of aryl methyl sites for hydroxylation is 1. The molecule has 3 aromatic rings. The summed E-state index contributed by atoms with van der Waals surface area (Å²) in [5.74, 6) is 0.0328. The Morgan fingerprint density at radius 2 is 1.96 bits per heavy atom. The number of para-hydroxylation sites is 1. The van der Waals surface area contributed by atoms with Crippen LogP contribution in [0.2, 0.25) is 0 Å². The zero-order valence-corrected chi connectivity index (χ0v) is 14.7. The summed E-state index contributed by atoms with van der Waals surface area (Å²) in [5.41, 5.74) is 5.32. The fraction of sp³-hybridized carbons (Fsp3) is 0.250. The Morgan fingerprint density at radius 1 is 1.17 bits per heavy atom. The summed E-state index contributed by atoms with van der Waals surface area (Å²) in [6, 6.07) is 14.6. The first-order chi connectivity index (χ1) is 11.6. The first-order valence-corrected chi connectivity index (χ1v) is 9.12. The maximum absolute atomic E-state index is 12.8. The van der Waals surface area contributed by atoms with Crippen LogP contribution in [0.4, 0.5) is 0 Å². The van der Waals surface area contributed by atoms with Gasteiger partial charge in [0.1, 0.15) is 0 Å². The molecule has 1 aromatic carbocycles. The Balaban J connectivity index is 1.56. The Hall–Kier alpha value is -2.33. The monoisotopic (exact) mass is 336 g/mol. The first-order valence-electron chi connectivity index (χ1n) is 8.24. The molecule has 1 unspecified atom stereocenters. The van der Waals surface area contributed by atoms with E-state index in [-0.39, 0.29) is 11.9 Å². The van der Waals surface area contributed by atoms with E-state index in [0.29, 0.717) is 0 Å². The van der Waals surface area contributed by atoms with Crippen molar-refractivity contribution in [3.63, 3.8) is 0 Å². The molecule has 4 heteroatoms. The topological polar surface area (TPSA) is 34.0 Å². The maximum Gasteiger partial charge on any atom is 0.253 e. The van der Waals surface area contributed by atoms with Gasteiger partial charge >= 0.3 is 0 Å². The molecule has 0 radical (unpaired) electrons. The molecule has 1 amide bonds. The van der Waals surface area contributed by atoms with Crippen LogP contribution in [0.3, 0.4) is 0 Å². The average Bonchev–Trinajstić information content (AvgIpc) is 3.22. The molecular formula is C20H20N2OS. The van der Waals surface area contributed by atoms with E-state index in [0.717, 1.165) is 35.5 Å². The largest absolute Gasteiger partial charge is 0.349 e. The van der Waals surface area contributed by atoms with Gasteiger partial charge in [0.15, 0.2) is 0 Å². The third-order valence-electron chi connectivity index (χ3n) is 4.76. The highest BCUT2D eigenvalue weighted by molar-refractivity contribution is 7.10. The van der Waals surface area contributed by atoms with Gasteiger partial charge in [0.25, 0.3) is 5.91 Å². The zero-order chi connectivity index (χ0) is 16.7. The molecular weight excluding hydrogens is 316 g/mol. The molecule has 0 spiro atoms. The van der Waals surface area contributed by atoms with Crippen LogP contribution in [0, 0.1) is 13.8 Å². The van der Waals surface area contributed by atoms with E-state index < -0.39 is 0 Å². The highest BCUT2D eigenvalue weighted by atomic mass is 32.1. The standard InChI is InChI=1S/C20H20N2OS/c1-13-10-18(14(2)22(13)17-6-4-3-5-7-17)20(23)21-16-11-15-8-9-24-19(15)12-16/h3-10,16H,11-12H2,1-2H3,(H,21,23). The van der Waals surface area contributed by atoms with Crippen LogP contribution in [-0.2, 0) is 12.8 Å². The summed E-state index contributed by atoms with van der Waals surface area (Å²) in [6.07, 6.45) is 1.90. The fourth-order valence-corrected chi connectivity index (χ4v) is 4.62. The van der Waals surface area contributed by atoms with Crippen molar-refractivity contribution in [1.29, 1.82) is 0 Å². The van der Waals surface area contributed by atoms with E-state index in [1.807, 2.05) is 38.1 Å². The Labute approximate surface area is 146 Å². The molecule has 0 saturated heterocycles. The Morgan fingerprint density at radius 3 is 2.71 bits per heavy atom. The highest BCUT2D eigenvalue weighted by Crippen LogP contribution is 2.28. The molecule has 122 valence electrons. The lowest BCUT2D eigenvalue weighted by atomic mass is 10.1. The summed E-state index contributed by atoms with van der Waals surface area (Å²) in [6.45, 7) is 4.06. The van der Waals surface area contributed by atoms with E-state index in [4.69, 9.17) is 0 Å². The van der Waals surface area contributed by atoms with Gasteiger partial charge in [-0.2, -0.15) is 0 Å². The minimum atomic E-state index is 0.0328. The number of amides is 1. The lowest BCUT2D eigenvalue weighted by Crippen LogP contribution is -2.35. The molecule has 0 fully saturated rings. The van der Waals surface area contributed by atoms with Crippen LogP contribution in [0.15, 0.2) is 47.8 Å². The number of hydrogen-bond acceptors (Lipinski definition) is 2. The van der Waals surface area contributed by atoms with Crippen molar-refractivity contribution >= 4 is 17.2 Å². The number of benzene rings is 1. The summed E-state index contributed by atoms with van der Waals surface area (Å²) < 4.78 is 2.14. The average molecular weight is 336 g/mol. The van der Waals surface area contributed by atoms with Crippen LogP contribution in [0.1, 0.15) is 32.2 Å². The second kappa shape index (κ2) is 5.95. The number of nitrogens with one attached hydrogen (secondary N) is 1. The van der Waals surface area contributed by atoms with Gasteiger partial charge in [-0.25, -0.2) is 0 Å². The van der Waals surface area contributed by atoms with E-state index in [1.54, 1.807) is 11.3 Å². The summed E-state index contributed by atoms with van der Waals surface area (Å²) in [5, 5.41) is 5.35. The van der Waals surface area contributed by atoms with Crippen molar-refractivity contribution in [3.8, 4) is 5.69 Å². The predicted molar refractivity (Wildman–Crippen MR) is 98.2 cm³/mol. The van der Waals surface area contributed by atoms with Crippen molar-refractivity contribution in [2.24, 2.45) is 0 Å². The molecule has 1 aliphatic carbocycles. The smallest absolute Gasteiger partial charge is 0.253 e. The van der Waals surface area contributed by atoms with Crippen molar-refractivity contribution in [3.05, 3.63) is 75.2 Å². The van der Waals surface area contributed by atoms with E-state index in [2.05, 4.69) is 33.5 Å². The number of fused-ring (bicyclic) bond motifs is 1. The Kier molecular flexibility index (Phi) is 3.77. The van der Waals surface area contributed by atoms with Gasteiger partial charge in [-0.15, -0.1) is 11.3 Å². The lowest BCUT2D eigenvalue weighted by Gasteiger charge is -2.13. The first kappa shape index (κ1) is 15.2. The predicted octanol–water partition coefficient (Wildman–Crippen LogP) is 4.05. The van der Waals surface area contributed by atoms with E-state index >= 15 is 0 Å². The number of hydrogen-bond donors (Lipinski definition) is 1. The quantitative estimate of drug-likeness (QED) is 0.769. The molecule has 3 nitrogen and oxygen atoms in total. The van der Waals surface area contributed by atoms with Crippen LogP contribution in [0.25, 0.3) is 5.69 Å². The molecule has 1 aliphatic rings. The van der Waals surface area contributed by atoms with Gasteiger partial charge in [0.05, 0.1) is 5.56 Å². The molecule has 0 aliphatic heterocycles. The van der Waals surface area contributed by atoms with Gasteiger partial charge in [-0.05, 0) is 55.5 Å². The normalized spacial score (nSPS) is 16.2. The van der Waals surface area contributed by atoms with Gasteiger partial charge < -0.3 is 9.88 Å². The summed E-state index contributed by atoms with van der Waals surface area (Å²) in [4.78, 5) is 14.2. The molecule has 2 heterocycles. The van der Waals surface area contributed by atoms with Crippen molar-refractivity contribution in [1.82, 2.24) is 9.88 Å². The molecule has 0 saturated carbocycles. The minimum absolute atomic E-state index is 0.0328. The second-order valence-corrected chi connectivity index (χ2v) is 7.40. The third-order valence-corrected chi connectivity index (χ3v) is 5.75. The van der Waals surface area contributed by atoms with Gasteiger partial charge in [0, 0.05) is 34.4 Å². The molecule has 24 heavy (non-hydrogen) atoms. The second-order valence-electron chi connectivity index (χ2n) is 6.40. The van der Waals surface area contributed by atoms with Crippen molar-refractivity contribution in [2.75, 3.05) is 0 Å². The summed E-state index contributed by atoms with van der Waals surface area (Å²) in [7, 11) is 0. The minimum Gasteiger partial charge on any atom is -0.349 e. The molecule has 1 N–H and O–H groups in total. The number of thiophene rings is 1. The van der Waals surface area contributed by atoms with E-state index in [1.165, 1.54) is 10.4 Å². The number of rotatable bonds is 3. The molecule has 4 rings (SSSR count). The lowest BCUT2D eigenvalue weighted by molar-refractivity contribution is 0.0938.